The average Bonchev–Trinajstić information content (AvgIpc) is 2.21. The van der Waals surface area contributed by atoms with Crippen molar-refractivity contribution in [1.29, 1.82) is 0 Å². The van der Waals surface area contributed by atoms with E-state index < -0.39 is 0 Å². The molecule has 0 bridgehead atoms. The van der Waals surface area contributed by atoms with Crippen molar-refractivity contribution in [1.82, 2.24) is 0 Å². The molecule has 1 nitrogen and oxygen atoms in total. The van der Waals surface area contributed by atoms with Gasteiger partial charge in [0.05, 0.1) is 12.7 Å². The maximum absolute atomic E-state index is 5.68. The van der Waals surface area contributed by atoms with E-state index in [-0.39, 0.29) is 0 Å². The number of hydrogen-bond donors (Lipinski definition) is 0. The molecule has 0 aromatic rings. The third-order valence-electron chi connectivity index (χ3n) is 2.47. The minimum absolute atomic E-state index is 0.390. The van der Waals surface area contributed by atoms with E-state index in [0.29, 0.717) is 12.0 Å². The van der Waals surface area contributed by atoms with Crippen LogP contribution in [-0.4, -0.2) is 12.7 Å². The summed E-state index contributed by atoms with van der Waals surface area (Å²) in [4.78, 5) is 0. The molecular weight excluding hydrogens is 172 g/mol. The predicted molar refractivity (Wildman–Crippen MR) is 63.4 cm³/mol. The molecule has 1 heterocycles. The molecule has 0 spiro atoms. The summed E-state index contributed by atoms with van der Waals surface area (Å²) in [6, 6.07) is 0. The Morgan fingerprint density at radius 1 is 1.43 bits per heavy atom. The zero-order valence-corrected chi connectivity index (χ0v) is 10.3. The first kappa shape index (κ1) is 13.4. The van der Waals surface area contributed by atoms with Crippen LogP contribution in [0.25, 0.3) is 0 Å². The van der Waals surface area contributed by atoms with Crippen LogP contribution in [0.1, 0.15) is 41.0 Å². The summed E-state index contributed by atoms with van der Waals surface area (Å²) in [5, 5.41) is 0. The van der Waals surface area contributed by atoms with Gasteiger partial charge in [0, 0.05) is 0 Å². The second-order valence-corrected chi connectivity index (χ2v) is 3.81. The highest BCUT2D eigenvalue weighted by Crippen LogP contribution is 2.25. The molecule has 1 unspecified atom stereocenters. The van der Waals surface area contributed by atoms with Crippen molar-refractivity contribution in [2.24, 2.45) is 5.92 Å². The van der Waals surface area contributed by atoms with Crippen LogP contribution in [0.2, 0.25) is 0 Å². The molecule has 14 heavy (non-hydrogen) atoms. The first-order chi connectivity index (χ1) is 6.65. The van der Waals surface area contributed by atoms with Gasteiger partial charge in [-0.15, -0.1) is 0 Å². The summed E-state index contributed by atoms with van der Waals surface area (Å²) in [6.07, 6.45) is 3.39. The van der Waals surface area contributed by atoms with E-state index in [2.05, 4.69) is 27.4 Å². The maximum Gasteiger partial charge on any atom is 0.0683 e. The highest BCUT2D eigenvalue weighted by Gasteiger charge is 2.20. The third kappa shape index (κ3) is 3.67. The SMILES string of the molecule is C=CC1=C(C)COC(C(C)C)C1.CC. The molecule has 0 fully saturated rings. The van der Waals surface area contributed by atoms with Crippen LogP contribution < -0.4 is 0 Å². The van der Waals surface area contributed by atoms with Gasteiger partial charge in [0.2, 0.25) is 0 Å². The zero-order valence-electron chi connectivity index (χ0n) is 10.3. The van der Waals surface area contributed by atoms with Crippen LogP contribution in [-0.2, 0) is 4.74 Å². The Morgan fingerprint density at radius 2 is 2.00 bits per heavy atom. The van der Waals surface area contributed by atoms with E-state index in [1.54, 1.807) is 0 Å². The molecule has 0 radical (unpaired) electrons. The Hall–Kier alpha value is -0.560. The Labute approximate surface area is 88.9 Å². The van der Waals surface area contributed by atoms with Crippen LogP contribution in [0.5, 0.6) is 0 Å². The molecule has 0 aromatic carbocycles. The molecule has 0 saturated heterocycles. The fourth-order valence-corrected chi connectivity index (χ4v) is 1.46. The average molecular weight is 196 g/mol. The standard InChI is InChI=1S/C11H18O.C2H6/c1-5-10-6-11(8(2)3)12-7-9(10)4;1-2/h5,8,11H,1,6-7H2,2-4H3;1-2H3. The molecule has 1 aliphatic heterocycles. The number of hydrogen-bond acceptors (Lipinski definition) is 1. The van der Waals surface area contributed by atoms with E-state index in [4.69, 9.17) is 4.74 Å². The Bertz CT molecular complexity index is 201. The summed E-state index contributed by atoms with van der Waals surface area (Å²) in [7, 11) is 0. The number of ether oxygens (including phenoxy) is 1. The number of allylic oxidation sites excluding steroid dienone is 1. The third-order valence-corrected chi connectivity index (χ3v) is 2.47. The normalized spacial score (nSPS) is 21.7. The lowest BCUT2D eigenvalue weighted by molar-refractivity contribution is 0.0274. The van der Waals surface area contributed by atoms with E-state index in [1.165, 1.54) is 11.1 Å². The minimum atomic E-state index is 0.390. The molecule has 1 heteroatoms. The van der Waals surface area contributed by atoms with Gasteiger partial charge in [-0.3, -0.25) is 0 Å². The monoisotopic (exact) mass is 196 g/mol. The summed E-state index contributed by atoms with van der Waals surface area (Å²) < 4.78 is 5.68. The van der Waals surface area contributed by atoms with Gasteiger partial charge >= 0.3 is 0 Å². The van der Waals surface area contributed by atoms with Crippen molar-refractivity contribution in [2.75, 3.05) is 6.61 Å². The summed E-state index contributed by atoms with van der Waals surface area (Å²) >= 11 is 0. The lowest BCUT2D eigenvalue weighted by Gasteiger charge is -2.27. The van der Waals surface area contributed by atoms with Gasteiger partial charge in [0.1, 0.15) is 0 Å². The lowest BCUT2D eigenvalue weighted by atomic mass is 9.94. The van der Waals surface area contributed by atoms with Gasteiger partial charge in [-0.1, -0.05) is 40.3 Å². The van der Waals surface area contributed by atoms with Crippen LogP contribution in [0.3, 0.4) is 0 Å². The predicted octanol–water partition coefficient (Wildman–Crippen LogP) is 3.96. The largest absolute Gasteiger partial charge is 0.373 e. The molecule has 0 aromatic heterocycles. The van der Waals surface area contributed by atoms with Crippen molar-refractivity contribution in [3.05, 3.63) is 23.8 Å². The maximum atomic E-state index is 5.68. The molecule has 82 valence electrons. The van der Waals surface area contributed by atoms with Crippen molar-refractivity contribution in [3.8, 4) is 0 Å². The topological polar surface area (TPSA) is 9.23 Å². The molecule has 0 aliphatic carbocycles. The highest BCUT2D eigenvalue weighted by molar-refractivity contribution is 5.25. The quantitative estimate of drug-likeness (QED) is 0.649. The molecule has 1 rings (SSSR count). The molecule has 0 N–H and O–H groups in total. The molecule has 0 amide bonds. The molecule has 0 saturated carbocycles. The second-order valence-electron chi connectivity index (χ2n) is 3.81. The first-order valence-corrected chi connectivity index (χ1v) is 5.57. The van der Waals surface area contributed by atoms with Crippen LogP contribution >= 0.6 is 0 Å². The van der Waals surface area contributed by atoms with Gasteiger partial charge in [-0.2, -0.15) is 0 Å². The fourth-order valence-electron chi connectivity index (χ4n) is 1.46. The second kappa shape index (κ2) is 6.83. The number of rotatable bonds is 2. The molecule has 1 atom stereocenters. The lowest BCUT2D eigenvalue weighted by Crippen LogP contribution is -2.25. The Balaban J connectivity index is 0.000000791. The van der Waals surface area contributed by atoms with Gasteiger partial charge < -0.3 is 4.74 Å². The Morgan fingerprint density at radius 3 is 2.43 bits per heavy atom. The van der Waals surface area contributed by atoms with Crippen molar-refractivity contribution >= 4 is 0 Å². The first-order valence-electron chi connectivity index (χ1n) is 5.57. The van der Waals surface area contributed by atoms with Crippen LogP contribution in [0, 0.1) is 5.92 Å². The van der Waals surface area contributed by atoms with Crippen molar-refractivity contribution < 1.29 is 4.74 Å². The van der Waals surface area contributed by atoms with E-state index >= 15 is 0 Å². The van der Waals surface area contributed by atoms with Gasteiger partial charge in [0.15, 0.2) is 0 Å². The molecule has 1 aliphatic rings. The summed E-state index contributed by atoms with van der Waals surface area (Å²) in [5.41, 5.74) is 2.71. The van der Waals surface area contributed by atoms with E-state index in [9.17, 15) is 0 Å². The van der Waals surface area contributed by atoms with E-state index in [0.717, 1.165) is 13.0 Å². The molecular formula is C13H24O. The Kier molecular flexibility index (Phi) is 6.56. The van der Waals surface area contributed by atoms with Gasteiger partial charge in [0.25, 0.3) is 0 Å². The summed E-state index contributed by atoms with van der Waals surface area (Å²) in [5.74, 6) is 0.605. The van der Waals surface area contributed by atoms with E-state index in [1.807, 2.05) is 19.9 Å². The van der Waals surface area contributed by atoms with Gasteiger partial charge in [-0.05, 0) is 30.4 Å². The zero-order chi connectivity index (χ0) is 11.1. The van der Waals surface area contributed by atoms with Crippen molar-refractivity contribution in [2.45, 2.75) is 47.1 Å². The van der Waals surface area contributed by atoms with Crippen LogP contribution in [0.15, 0.2) is 23.8 Å². The minimum Gasteiger partial charge on any atom is -0.373 e. The summed E-state index contributed by atoms with van der Waals surface area (Å²) in [6.45, 7) is 15.1. The van der Waals surface area contributed by atoms with Crippen LogP contribution in [0.4, 0.5) is 0 Å². The fraction of sp³-hybridized carbons (Fsp3) is 0.692. The van der Waals surface area contributed by atoms with Crippen molar-refractivity contribution in [3.63, 3.8) is 0 Å². The highest BCUT2D eigenvalue weighted by atomic mass is 16.5. The smallest absolute Gasteiger partial charge is 0.0683 e. The van der Waals surface area contributed by atoms with Gasteiger partial charge in [-0.25, -0.2) is 0 Å².